The van der Waals surface area contributed by atoms with Gasteiger partial charge in [-0.2, -0.15) is 0 Å². The van der Waals surface area contributed by atoms with Gasteiger partial charge in [-0.05, 0) is 44.5 Å². The van der Waals surface area contributed by atoms with Crippen molar-refractivity contribution in [2.24, 2.45) is 0 Å². The smallest absolute Gasteiger partial charge is 0.265 e. The number of nitrogens with one attached hydrogen (secondary N) is 1. The van der Waals surface area contributed by atoms with E-state index in [-0.39, 0.29) is 5.91 Å². The Hall–Kier alpha value is -2.49. The fraction of sp³-hybridized carbons (Fsp3) is 0.278. The summed E-state index contributed by atoms with van der Waals surface area (Å²) in [5.74, 6) is 1.22. The van der Waals surface area contributed by atoms with Crippen molar-refractivity contribution >= 4 is 11.6 Å². The minimum atomic E-state index is -0.590. The SMILES string of the molecule is COc1cccc(NC(=O)[C@@H](C)Oc2ccc(C)cc2C)c1. The minimum Gasteiger partial charge on any atom is -0.497 e. The van der Waals surface area contributed by atoms with Gasteiger partial charge in [-0.3, -0.25) is 4.79 Å². The molecule has 116 valence electrons. The van der Waals surface area contributed by atoms with Gasteiger partial charge in [-0.15, -0.1) is 0 Å². The molecule has 0 aliphatic carbocycles. The number of anilines is 1. The quantitative estimate of drug-likeness (QED) is 0.915. The Morgan fingerprint density at radius 1 is 1.14 bits per heavy atom. The maximum Gasteiger partial charge on any atom is 0.265 e. The van der Waals surface area contributed by atoms with Crippen LogP contribution in [0.3, 0.4) is 0 Å². The zero-order valence-electron chi connectivity index (χ0n) is 13.3. The number of rotatable bonds is 5. The monoisotopic (exact) mass is 299 g/mol. The number of benzene rings is 2. The van der Waals surface area contributed by atoms with E-state index in [4.69, 9.17) is 9.47 Å². The van der Waals surface area contributed by atoms with Crippen LogP contribution in [0, 0.1) is 13.8 Å². The van der Waals surface area contributed by atoms with E-state index in [1.54, 1.807) is 20.1 Å². The molecule has 0 heterocycles. The van der Waals surface area contributed by atoms with Gasteiger partial charge >= 0.3 is 0 Å². The zero-order chi connectivity index (χ0) is 16.1. The molecule has 0 aliphatic heterocycles. The van der Waals surface area contributed by atoms with Crippen molar-refractivity contribution in [3.63, 3.8) is 0 Å². The van der Waals surface area contributed by atoms with Gasteiger partial charge in [-0.1, -0.05) is 23.8 Å². The minimum absolute atomic E-state index is 0.201. The Morgan fingerprint density at radius 2 is 1.91 bits per heavy atom. The lowest BCUT2D eigenvalue weighted by Gasteiger charge is -2.16. The normalized spacial score (nSPS) is 11.6. The molecule has 0 fully saturated rings. The number of amides is 1. The van der Waals surface area contributed by atoms with E-state index in [0.717, 1.165) is 11.3 Å². The summed E-state index contributed by atoms with van der Waals surface area (Å²) in [5, 5.41) is 2.82. The molecule has 4 heteroatoms. The van der Waals surface area contributed by atoms with E-state index in [0.29, 0.717) is 11.4 Å². The molecule has 0 aliphatic rings. The first-order chi connectivity index (χ1) is 10.5. The number of carbonyl (C=O) groups excluding carboxylic acids is 1. The van der Waals surface area contributed by atoms with Crippen molar-refractivity contribution in [1.82, 2.24) is 0 Å². The number of aryl methyl sites for hydroxylation is 2. The summed E-state index contributed by atoms with van der Waals surface area (Å²) in [6, 6.07) is 13.1. The predicted molar refractivity (Wildman–Crippen MR) is 87.6 cm³/mol. The van der Waals surface area contributed by atoms with Gasteiger partial charge in [0, 0.05) is 11.8 Å². The van der Waals surface area contributed by atoms with E-state index < -0.39 is 6.10 Å². The van der Waals surface area contributed by atoms with Gasteiger partial charge in [0.1, 0.15) is 11.5 Å². The van der Waals surface area contributed by atoms with Crippen LogP contribution in [-0.2, 0) is 4.79 Å². The zero-order valence-corrected chi connectivity index (χ0v) is 13.3. The van der Waals surface area contributed by atoms with Gasteiger partial charge in [0.2, 0.25) is 0 Å². The van der Waals surface area contributed by atoms with Crippen LogP contribution in [0.1, 0.15) is 18.1 Å². The maximum atomic E-state index is 12.2. The van der Waals surface area contributed by atoms with Crippen LogP contribution >= 0.6 is 0 Å². The molecule has 0 bridgehead atoms. The van der Waals surface area contributed by atoms with Crippen LogP contribution in [0.2, 0.25) is 0 Å². The van der Waals surface area contributed by atoms with Gasteiger partial charge in [0.05, 0.1) is 7.11 Å². The van der Waals surface area contributed by atoms with Crippen molar-refractivity contribution in [1.29, 1.82) is 0 Å². The van der Waals surface area contributed by atoms with Crippen molar-refractivity contribution in [3.05, 3.63) is 53.6 Å². The average Bonchev–Trinajstić information content (AvgIpc) is 2.50. The highest BCUT2D eigenvalue weighted by Gasteiger charge is 2.16. The molecule has 0 aromatic heterocycles. The lowest BCUT2D eigenvalue weighted by molar-refractivity contribution is -0.122. The summed E-state index contributed by atoms with van der Waals surface area (Å²) in [4.78, 5) is 12.2. The summed E-state index contributed by atoms with van der Waals surface area (Å²) in [7, 11) is 1.59. The molecule has 0 spiro atoms. The Bertz CT molecular complexity index is 667. The molecular formula is C18H21NO3. The summed E-state index contributed by atoms with van der Waals surface area (Å²) < 4.78 is 10.9. The van der Waals surface area contributed by atoms with Gasteiger partial charge < -0.3 is 14.8 Å². The fourth-order valence-electron chi connectivity index (χ4n) is 2.12. The largest absolute Gasteiger partial charge is 0.497 e. The third-order valence-corrected chi connectivity index (χ3v) is 3.34. The molecule has 1 amide bonds. The molecule has 2 aromatic carbocycles. The summed E-state index contributed by atoms with van der Waals surface area (Å²) in [6.45, 7) is 5.72. The van der Waals surface area contributed by atoms with E-state index in [1.807, 2.05) is 50.2 Å². The molecule has 0 radical (unpaired) electrons. The van der Waals surface area contributed by atoms with Crippen LogP contribution in [0.4, 0.5) is 5.69 Å². The molecule has 0 saturated heterocycles. The van der Waals surface area contributed by atoms with Gasteiger partial charge in [-0.25, -0.2) is 0 Å². The second kappa shape index (κ2) is 6.98. The summed E-state index contributed by atoms with van der Waals surface area (Å²) >= 11 is 0. The Labute approximate surface area is 131 Å². The predicted octanol–water partition coefficient (Wildman–Crippen LogP) is 3.72. The van der Waals surface area contributed by atoms with E-state index in [9.17, 15) is 4.79 Å². The average molecular weight is 299 g/mol. The second-order valence-electron chi connectivity index (χ2n) is 5.25. The molecule has 0 saturated carbocycles. The first-order valence-electron chi connectivity index (χ1n) is 7.18. The lowest BCUT2D eigenvalue weighted by Crippen LogP contribution is -2.30. The highest BCUT2D eigenvalue weighted by molar-refractivity contribution is 5.94. The van der Waals surface area contributed by atoms with Crippen molar-refractivity contribution in [2.75, 3.05) is 12.4 Å². The fourth-order valence-corrected chi connectivity index (χ4v) is 2.12. The summed E-state index contributed by atoms with van der Waals surface area (Å²) in [6.07, 6.45) is -0.590. The third kappa shape index (κ3) is 4.01. The van der Waals surface area contributed by atoms with Gasteiger partial charge in [0.25, 0.3) is 5.91 Å². The topological polar surface area (TPSA) is 47.6 Å². The number of hydrogen-bond donors (Lipinski definition) is 1. The maximum absolute atomic E-state index is 12.2. The Balaban J connectivity index is 2.02. The molecule has 22 heavy (non-hydrogen) atoms. The van der Waals surface area contributed by atoms with Crippen molar-refractivity contribution in [2.45, 2.75) is 26.9 Å². The molecule has 2 aromatic rings. The highest BCUT2D eigenvalue weighted by Crippen LogP contribution is 2.21. The highest BCUT2D eigenvalue weighted by atomic mass is 16.5. The van der Waals surface area contributed by atoms with Crippen molar-refractivity contribution < 1.29 is 14.3 Å². The number of methoxy groups -OCH3 is 1. The van der Waals surface area contributed by atoms with Crippen LogP contribution in [-0.4, -0.2) is 19.1 Å². The van der Waals surface area contributed by atoms with E-state index >= 15 is 0 Å². The first-order valence-corrected chi connectivity index (χ1v) is 7.18. The van der Waals surface area contributed by atoms with Crippen LogP contribution in [0.5, 0.6) is 11.5 Å². The Kier molecular flexibility index (Phi) is 5.04. The van der Waals surface area contributed by atoms with Crippen LogP contribution < -0.4 is 14.8 Å². The molecule has 2 rings (SSSR count). The molecule has 1 atom stereocenters. The first kappa shape index (κ1) is 15.9. The Morgan fingerprint density at radius 3 is 2.59 bits per heavy atom. The van der Waals surface area contributed by atoms with Gasteiger partial charge in [0.15, 0.2) is 6.10 Å². The molecule has 1 N–H and O–H groups in total. The molecule has 4 nitrogen and oxygen atoms in total. The standard InChI is InChI=1S/C18H21NO3/c1-12-8-9-17(13(2)10-12)22-14(3)18(20)19-15-6-5-7-16(11-15)21-4/h5-11,14H,1-4H3,(H,19,20)/t14-/m1/s1. The van der Waals surface area contributed by atoms with E-state index in [2.05, 4.69) is 5.32 Å². The van der Waals surface area contributed by atoms with Crippen LogP contribution in [0.25, 0.3) is 0 Å². The van der Waals surface area contributed by atoms with Crippen molar-refractivity contribution in [3.8, 4) is 11.5 Å². The second-order valence-corrected chi connectivity index (χ2v) is 5.25. The number of carbonyl (C=O) groups is 1. The lowest BCUT2D eigenvalue weighted by atomic mass is 10.1. The molecular weight excluding hydrogens is 278 g/mol. The number of hydrogen-bond acceptors (Lipinski definition) is 3. The summed E-state index contributed by atoms with van der Waals surface area (Å²) in [5.41, 5.74) is 2.86. The van der Waals surface area contributed by atoms with E-state index in [1.165, 1.54) is 5.56 Å². The number of ether oxygens (including phenoxy) is 2. The third-order valence-electron chi connectivity index (χ3n) is 3.34. The van der Waals surface area contributed by atoms with Crippen LogP contribution in [0.15, 0.2) is 42.5 Å². The molecule has 0 unspecified atom stereocenters.